The van der Waals surface area contributed by atoms with Crippen molar-refractivity contribution in [2.75, 3.05) is 16.0 Å². The molecule has 6 nitrogen and oxygen atoms in total. The molecule has 6 rings (SSSR count). The van der Waals surface area contributed by atoms with Crippen molar-refractivity contribution in [1.82, 2.24) is 0 Å². The highest BCUT2D eigenvalue weighted by Gasteiger charge is 2.61. The van der Waals surface area contributed by atoms with Crippen molar-refractivity contribution in [3.63, 3.8) is 0 Å². The third-order valence-corrected chi connectivity index (χ3v) is 7.54. The quantitative estimate of drug-likeness (QED) is 0.458. The number of hydrogen-bond donors (Lipinski definition) is 3. The Bertz CT molecular complexity index is 1190. The van der Waals surface area contributed by atoms with Gasteiger partial charge in [0.1, 0.15) is 0 Å². The maximum Gasteiger partial charge on any atom is 0.231 e. The minimum atomic E-state index is -0.956. The zero-order chi connectivity index (χ0) is 24.3. The number of carbonyl (C=O) groups excluding carboxylic acids is 3. The summed E-state index contributed by atoms with van der Waals surface area (Å²) in [4.78, 5) is 41.3. The summed E-state index contributed by atoms with van der Waals surface area (Å²) >= 11 is 0. The fourth-order valence-corrected chi connectivity index (χ4v) is 5.85. The van der Waals surface area contributed by atoms with Crippen LogP contribution < -0.4 is 16.0 Å². The van der Waals surface area contributed by atoms with Crippen LogP contribution in [0.3, 0.4) is 0 Å². The average Bonchev–Trinajstić information content (AvgIpc) is 2.90. The van der Waals surface area contributed by atoms with Crippen molar-refractivity contribution in [1.29, 1.82) is 0 Å². The van der Waals surface area contributed by atoms with Crippen LogP contribution in [0.15, 0.2) is 91.0 Å². The third kappa shape index (κ3) is 4.56. The summed E-state index contributed by atoms with van der Waals surface area (Å²) in [5.41, 5.74) is 1.07. The molecule has 3 amide bonds. The Kier molecular flexibility index (Phi) is 6.36. The van der Waals surface area contributed by atoms with Crippen molar-refractivity contribution in [3.8, 4) is 0 Å². The lowest BCUT2D eigenvalue weighted by atomic mass is 9.49. The van der Waals surface area contributed by atoms with Crippen LogP contribution in [-0.2, 0) is 14.4 Å². The molecule has 3 saturated carbocycles. The van der Waals surface area contributed by atoms with E-state index in [2.05, 4.69) is 16.0 Å². The summed E-state index contributed by atoms with van der Waals surface area (Å²) in [6, 6.07) is 27.7. The number of para-hydroxylation sites is 3. The lowest BCUT2D eigenvalue weighted by Crippen LogP contribution is -2.60. The first-order chi connectivity index (χ1) is 17.1. The van der Waals surface area contributed by atoms with Gasteiger partial charge in [0, 0.05) is 17.1 Å². The van der Waals surface area contributed by atoms with E-state index < -0.39 is 17.3 Å². The van der Waals surface area contributed by atoms with E-state index in [1.54, 1.807) is 0 Å². The number of amides is 3. The second kappa shape index (κ2) is 9.74. The zero-order valence-corrected chi connectivity index (χ0v) is 19.4. The van der Waals surface area contributed by atoms with Gasteiger partial charge in [-0.3, -0.25) is 14.4 Å². The van der Waals surface area contributed by atoms with Crippen molar-refractivity contribution < 1.29 is 14.4 Å². The Morgan fingerprint density at radius 2 is 1.03 bits per heavy atom. The summed E-state index contributed by atoms with van der Waals surface area (Å²) in [7, 11) is 0. The van der Waals surface area contributed by atoms with E-state index in [0.717, 1.165) is 12.8 Å². The van der Waals surface area contributed by atoms with E-state index in [9.17, 15) is 14.4 Å². The fraction of sp³-hybridized carbons (Fsp3) is 0.276. The van der Waals surface area contributed by atoms with E-state index in [4.69, 9.17) is 0 Å². The van der Waals surface area contributed by atoms with Crippen LogP contribution >= 0.6 is 0 Å². The molecule has 3 aromatic carbocycles. The normalized spacial score (nSPS) is 24.9. The molecule has 3 aliphatic rings. The van der Waals surface area contributed by atoms with Crippen molar-refractivity contribution >= 4 is 34.8 Å². The summed E-state index contributed by atoms with van der Waals surface area (Å²) < 4.78 is 0. The molecule has 0 aromatic heterocycles. The lowest BCUT2D eigenvalue weighted by Gasteiger charge is -2.53. The molecule has 35 heavy (non-hydrogen) atoms. The predicted octanol–water partition coefficient (Wildman–Crippen LogP) is 5.33. The van der Waals surface area contributed by atoms with Crippen LogP contribution in [0.5, 0.6) is 0 Å². The van der Waals surface area contributed by atoms with Gasteiger partial charge in [-0.2, -0.15) is 0 Å². The van der Waals surface area contributed by atoms with Crippen molar-refractivity contribution in [2.24, 2.45) is 23.2 Å². The van der Waals surface area contributed by atoms with Crippen LogP contribution in [0.1, 0.15) is 25.7 Å². The minimum Gasteiger partial charge on any atom is -0.326 e. The number of rotatable bonds is 6. The lowest BCUT2D eigenvalue weighted by molar-refractivity contribution is -0.158. The molecule has 0 unspecified atom stereocenters. The van der Waals surface area contributed by atoms with E-state index >= 15 is 0 Å². The van der Waals surface area contributed by atoms with Gasteiger partial charge in [-0.05, 0) is 68.0 Å². The molecular weight excluding hydrogens is 438 g/mol. The monoisotopic (exact) mass is 467 g/mol. The number of carbonyl (C=O) groups is 3. The predicted molar refractivity (Wildman–Crippen MR) is 137 cm³/mol. The first kappa shape index (κ1) is 22.8. The molecule has 6 heteroatoms. The van der Waals surface area contributed by atoms with Gasteiger partial charge in [0.15, 0.2) is 0 Å². The molecule has 0 radical (unpaired) electrons. The maximum absolute atomic E-state index is 13.8. The second-order valence-corrected chi connectivity index (χ2v) is 9.53. The number of nitrogens with one attached hydrogen (secondary N) is 3. The van der Waals surface area contributed by atoms with Crippen LogP contribution in [0.4, 0.5) is 17.1 Å². The maximum atomic E-state index is 13.8. The van der Waals surface area contributed by atoms with Gasteiger partial charge in [-0.1, -0.05) is 54.6 Å². The van der Waals surface area contributed by atoms with Gasteiger partial charge in [0.05, 0.1) is 17.3 Å². The smallest absolute Gasteiger partial charge is 0.231 e. The van der Waals surface area contributed by atoms with Gasteiger partial charge < -0.3 is 16.0 Å². The van der Waals surface area contributed by atoms with Crippen LogP contribution in [0, 0.1) is 23.2 Å². The first-order valence-electron chi connectivity index (χ1n) is 12.2. The summed E-state index contributed by atoms with van der Waals surface area (Å²) in [6.45, 7) is 0. The molecule has 3 fully saturated rings. The van der Waals surface area contributed by atoms with E-state index in [-0.39, 0.29) is 23.6 Å². The topological polar surface area (TPSA) is 87.3 Å². The van der Waals surface area contributed by atoms with Crippen LogP contribution in [0.25, 0.3) is 0 Å². The average molecular weight is 468 g/mol. The first-order valence-corrected chi connectivity index (χ1v) is 12.2. The molecule has 3 N–H and O–H groups in total. The highest BCUT2D eigenvalue weighted by atomic mass is 16.2. The molecule has 178 valence electrons. The number of fused-ring (bicyclic) bond motifs is 3. The molecular formula is C29H29N3O3. The van der Waals surface area contributed by atoms with Crippen molar-refractivity contribution in [2.45, 2.75) is 25.7 Å². The highest BCUT2D eigenvalue weighted by Crippen LogP contribution is 2.57. The van der Waals surface area contributed by atoms with Gasteiger partial charge in [0.25, 0.3) is 0 Å². The molecule has 2 bridgehead atoms. The third-order valence-electron chi connectivity index (χ3n) is 7.54. The molecule has 0 heterocycles. The van der Waals surface area contributed by atoms with Gasteiger partial charge in [-0.15, -0.1) is 0 Å². The zero-order valence-electron chi connectivity index (χ0n) is 19.4. The SMILES string of the molecule is O=C(Nc1ccccc1)[C@H]1C2CCC(C(=O)Nc3ccccc3)(CC2)[C@H]1C(=O)Nc1ccccc1. The van der Waals surface area contributed by atoms with Crippen LogP contribution in [0.2, 0.25) is 0 Å². The largest absolute Gasteiger partial charge is 0.326 e. The van der Waals surface area contributed by atoms with Crippen LogP contribution in [-0.4, -0.2) is 17.7 Å². The number of benzene rings is 3. The molecule has 3 aliphatic carbocycles. The second-order valence-electron chi connectivity index (χ2n) is 9.53. The summed E-state index contributed by atoms with van der Waals surface area (Å²) in [5.74, 6) is -1.99. The summed E-state index contributed by atoms with van der Waals surface area (Å²) in [6.07, 6.45) is 2.64. The molecule has 0 spiro atoms. The fourth-order valence-electron chi connectivity index (χ4n) is 5.85. The Hall–Kier alpha value is -3.93. The van der Waals surface area contributed by atoms with Crippen molar-refractivity contribution in [3.05, 3.63) is 91.0 Å². The van der Waals surface area contributed by atoms with Gasteiger partial charge >= 0.3 is 0 Å². The Labute approximate surface area is 205 Å². The molecule has 3 aromatic rings. The van der Waals surface area contributed by atoms with Gasteiger partial charge in [-0.25, -0.2) is 0 Å². The molecule has 0 saturated heterocycles. The van der Waals surface area contributed by atoms with E-state index in [1.807, 2.05) is 91.0 Å². The Morgan fingerprint density at radius 1 is 0.600 bits per heavy atom. The highest BCUT2D eigenvalue weighted by molar-refractivity contribution is 6.06. The standard InChI is InChI=1S/C29H29N3O3/c33-26(30-21-10-4-1-5-11-21)24-20-16-18-29(19-17-20,28(35)32-23-14-8-3-9-15-23)25(24)27(34)31-22-12-6-2-7-13-22/h1-15,20,24-25H,16-19H2,(H,30,33)(H,31,34)(H,32,35)/t20?,24-,25+,29?/m0/s1. The van der Waals surface area contributed by atoms with E-state index in [1.165, 1.54) is 0 Å². The number of anilines is 3. The Morgan fingerprint density at radius 3 is 1.51 bits per heavy atom. The Balaban J connectivity index is 1.49. The summed E-state index contributed by atoms with van der Waals surface area (Å²) in [5, 5.41) is 9.03. The molecule has 2 atom stereocenters. The number of hydrogen-bond acceptors (Lipinski definition) is 3. The van der Waals surface area contributed by atoms with E-state index in [0.29, 0.717) is 29.9 Å². The molecule has 0 aliphatic heterocycles. The minimum absolute atomic E-state index is 0.0524. The van der Waals surface area contributed by atoms with Gasteiger partial charge in [0.2, 0.25) is 17.7 Å².